The largest absolute Gasteiger partial charge is 0.457 e. The molecule has 0 aliphatic heterocycles. The highest BCUT2D eigenvalue weighted by Crippen LogP contribution is 2.42. The van der Waals surface area contributed by atoms with Crippen LogP contribution < -0.4 is 9.47 Å². The van der Waals surface area contributed by atoms with Crippen molar-refractivity contribution in [2.45, 2.75) is 30.5 Å². The number of ketones is 2. The molecule has 7 nitrogen and oxygen atoms in total. The Morgan fingerprint density at radius 2 is 1.20 bits per heavy atom. The number of nitrogens with zero attached hydrogens (tertiary/aromatic N) is 2. The van der Waals surface area contributed by atoms with Crippen LogP contribution in [-0.2, 0) is 12.8 Å². The van der Waals surface area contributed by atoms with Crippen LogP contribution in [0.5, 0.6) is 23.0 Å². The van der Waals surface area contributed by atoms with Gasteiger partial charge in [-0.3, -0.25) is 14.4 Å². The van der Waals surface area contributed by atoms with Gasteiger partial charge in [0, 0.05) is 41.7 Å². The molecule has 0 saturated carbocycles. The fourth-order valence-electron chi connectivity index (χ4n) is 5.27. The SMILES string of the molecule is N#Cc1cc(F)cc(Oc2ccc3c(c2C(Cl)Cl)CCC3=O)c1.N#Cc1cc(F)cc(Oc2ccc3c(c2C=O)CCC3=O)c1. The second-order valence-electron chi connectivity index (χ2n) is 10.1. The molecule has 0 unspecified atom stereocenters. The molecule has 224 valence electrons. The first kappa shape index (κ1) is 31.3. The molecule has 2 aliphatic rings. The minimum atomic E-state index is -0.880. The minimum absolute atomic E-state index is 0.00201. The molecule has 4 aromatic rings. The number of hydrogen-bond donors (Lipinski definition) is 0. The molecule has 0 amide bonds. The summed E-state index contributed by atoms with van der Waals surface area (Å²) in [6.07, 6.45) is 2.45. The lowest BCUT2D eigenvalue weighted by atomic mass is 10.0. The molecule has 0 aromatic heterocycles. The van der Waals surface area contributed by atoms with E-state index in [2.05, 4.69) is 0 Å². The fraction of sp³-hybridized carbons (Fsp3) is 0.147. The third-order valence-corrected chi connectivity index (χ3v) is 7.67. The average Bonchev–Trinajstić information content (AvgIpc) is 3.58. The van der Waals surface area contributed by atoms with Gasteiger partial charge in [0.15, 0.2) is 17.9 Å². The Hall–Kier alpha value is -5.09. The molecule has 0 spiro atoms. The van der Waals surface area contributed by atoms with Crippen molar-refractivity contribution in [1.82, 2.24) is 0 Å². The van der Waals surface area contributed by atoms with Gasteiger partial charge in [-0.1, -0.05) is 23.2 Å². The van der Waals surface area contributed by atoms with E-state index in [1.807, 2.05) is 12.1 Å². The Kier molecular flexibility index (Phi) is 9.24. The van der Waals surface area contributed by atoms with E-state index in [9.17, 15) is 23.2 Å². The van der Waals surface area contributed by atoms with Crippen molar-refractivity contribution in [2.75, 3.05) is 0 Å². The highest BCUT2D eigenvalue weighted by molar-refractivity contribution is 6.44. The average molecular weight is 645 g/mol. The number of carbonyl (C=O) groups is 3. The lowest BCUT2D eigenvalue weighted by Gasteiger charge is -2.16. The van der Waals surface area contributed by atoms with E-state index in [1.54, 1.807) is 18.2 Å². The summed E-state index contributed by atoms with van der Waals surface area (Å²) in [5, 5.41) is 17.7. The molecule has 2 aliphatic carbocycles. The summed E-state index contributed by atoms with van der Waals surface area (Å²) in [6, 6.07) is 17.4. The van der Waals surface area contributed by atoms with Gasteiger partial charge in [0.2, 0.25) is 0 Å². The summed E-state index contributed by atoms with van der Waals surface area (Å²) < 4.78 is 38.2. The summed E-state index contributed by atoms with van der Waals surface area (Å²) in [5.74, 6) is -0.240. The number of aldehydes is 1. The van der Waals surface area contributed by atoms with Crippen molar-refractivity contribution >= 4 is 41.1 Å². The van der Waals surface area contributed by atoms with E-state index in [4.69, 9.17) is 43.2 Å². The van der Waals surface area contributed by atoms with Gasteiger partial charge in [-0.15, -0.1) is 0 Å². The summed E-state index contributed by atoms with van der Waals surface area (Å²) in [4.78, 5) is 34.0. The van der Waals surface area contributed by atoms with Crippen LogP contribution >= 0.6 is 23.2 Å². The van der Waals surface area contributed by atoms with Crippen molar-refractivity contribution in [2.24, 2.45) is 0 Å². The van der Waals surface area contributed by atoms with Crippen molar-refractivity contribution in [3.8, 4) is 35.1 Å². The second kappa shape index (κ2) is 13.3. The van der Waals surface area contributed by atoms with Crippen LogP contribution in [-0.4, -0.2) is 17.9 Å². The van der Waals surface area contributed by atoms with Crippen LogP contribution in [0.25, 0.3) is 0 Å². The normalized spacial score (nSPS) is 12.9. The predicted molar refractivity (Wildman–Crippen MR) is 160 cm³/mol. The Labute approximate surface area is 266 Å². The summed E-state index contributed by atoms with van der Waals surface area (Å²) in [7, 11) is 0. The number of carbonyl (C=O) groups excluding carboxylic acids is 3. The van der Waals surface area contributed by atoms with E-state index in [1.165, 1.54) is 24.3 Å². The number of Topliss-reactive ketones (excluding diaryl/α,β-unsaturated/α-hetero) is 2. The van der Waals surface area contributed by atoms with Gasteiger partial charge in [0.25, 0.3) is 0 Å². The topological polar surface area (TPSA) is 117 Å². The van der Waals surface area contributed by atoms with E-state index in [-0.39, 0.29) is 39.9 Å². The summed E-state index contributed by atoms with van der Waals surface area (Å²) in [6.45, 7) is 0. The first-order chi connectivity index (χ1) is 21.6. The van der Waals surface area contributed by atoms with Crippen LogP contribution in [0.4, 0.5) is 8.78 Å². The lowest BCUT2D eigenvalue weighted by Crippen LogP contribution is -1.99. The number of halogens is 4. The van der Waals surface area contributed by atoms with Crippen molar-refractivity contribution in [3.63, 3.8) is 0 Å². The first-order valence-corrected chi connectivity index (χ1v) is 14.4. The molecule has 45 heavy (non-hydrogen) atoms. The Balaban J connectivity index is 0.000000178. The standard InChI is InChI=1S/C17H10Cl2FNO2.C17H10FNO3/c18-17(19)16-13-1-3-14(22)12(13)2-4-15(16)23-11-6-9(8-21)5-10(20)7-11;18-11-5-10(8-19)6-12(7-11)22-17-4-2-14-13(15(17)9-20)1-3-16(14)21/h2,4-7,17H,1,3H2;2,4-7,9H,1,3H2. The van der Waals surface area contributed by atoms with Gasteiger partial charge in [-0.2, -0.15) is 10.5 Å². The Morgan fingerprint density at radius 1 is 0.711 bits per heavy atom. The van der Waals surface area contributed by atoms with Gasteiger partial charge in [-0.05, 0) is 72.5 Å². The molecule has 0 bridgehead atoms. The van der Waals surface area contributed by atoms with Crippen LogP contribution in [0.2, 0.25) is 0 Å². The lowest BCUT2D eigenvalue weighted by molar-refractivity contribution is 0.0986. The molecule has 0 fully saturated rings. The maximum Gasteiger partial charge on any atom is 0.163 e. The third kappa shape index (κ3) is 6.71. The fourth-order valence-corrected chi connectivity index (χ4v) is 5.75. The molecule has 0 atom stereocenters. The molecule has 0 N–H and O–H groups in total. The minimum Gasteiger partial charge on any atom is -0.457 e. The maximum atomic E-state index is 13.5. The number of benzene rings is 4. The van der Waals surface area contributed by atoms with Gasteiger partial charge in [0.1, 0.15) is 39.5 Å². The molecular formula is C34H20Cl2F2N2O5. The zero-order chi connectivity index (χ0) is 32.2. The molecule has 11 heteroatoms. The molecular weight excluding hydrogens is 625 g/mol. The Bertz CT molecular complexity index is 1960. The van der Waals surface area contributed by atoms with Crippen LogP contribution in [0.1, 0.15) is 76.6 Å². The van der Waals surface area contributed by atoms with Crippen molar-refractivity contribution in [1.29, 1.82) is 10.5 Å². The van der Waals surface area contributed by atoms with Gasteiger partial charge < -0.3 is 9.47 Å². The number of alkyl halides is 2. The van der Waals surface area contributed by atoms with Gasteiger partial charge in [-0.25, -0.2) is 8.78 Å². The number of nitriles is 2. The molecule has 4 aromatic carbocycles. The first-order valence-electron chi connectivity index (χ1n) is 13.5. The Morgan fingerprint density at radius 3 is 1.71 bits per heavy atom. The van der Waals surface area contributed by atoms with Crippen molar-refractivity contribution in [3.05, 3.63) is 117 Å². The number of ether oxygens (including phenoxy) is 2. The van der Waals surface area contributed by atoms with Crippen LogP contribution in [0.15, 0.2) is 60.7 Å². The van der Waals surface area contributed by atoms with Gasteiger partial charge in [0.05, 0.1) is 28.8 Å². The third-order valence-electron chi connectivity index (χ3n) is 7.23. The molecule has 0 saturated heterocycles. The second-order valence-corrected chi connectivity index (χ2v) is 11.1. The van der Waals surface area contributed by atoms with Crippen LogP contribution in [0.3, 0.4) is 0 Å². The zero-order valence-corrected chi connectivity index (χ0v) is 24.7. The highest BCUT2D eigenvalue weighted by atomic mass is 35.5. The zero-order valence-electron chi connectivity index (χ0n) is 23.2. The van der Waals surface area contributed by atoms with E-state index in [0.717, 1.165) is 23.8 Å². The quantitative estimate of drug-likeness (QED) is 0.152. The predicted octanol–water partition coefficient (Wildman–Crippen LogP) is 8.53. The van der Waals surface area contributed by atoms with Gasteiger partial charge >= 0.3 is 0 Å². The van der Waals surface area contributed by atoms with E-state index >= 15 is 0 Å². The summed E-state index contributed by atoms with van der Waals surface area (Å²) >= 11 is 12.1. The molecule has 0 radical (unpaired) electrons. The monoisotopic (exact) mass is 644 g/mol. The van der Waals surface area contributed by atoms with E-state index in [0.29, 0.717) is 65.5 Å². The molecule has 0 heterocycles. The van der Waals surface area contributed by atoms with Crippen LogP contribution in [0, 0.1) is 34.3 Å². The van der Waals surface area contributed by atoms with Crippen molar-refractivity contribution < 1.29 is 32.6 Å². The highest BCUT2D eigenvalue weighted by Gasteiger charge is 2.28. The smallest absolute Gasteiger partial charge is 0.163 e. The molecule has 6 rings (SSSR count). The maximum absolute atomic E-state index is 13.5. The number of rotatable bonds is 6. The van der Waals surface area contributed by atoms with E-state index < -0.39 is 16.5 Å². The number of fused-ring (bicyclic) bond motifs is 2. The summed E-state index contributed by atoms with van der Waals surface area (Å²) in [5.41, 5.74) is 3.63. The number of hydrogen-bond acceptors (Lipinski definition) is 7.